The van der Waals surface area contributed by atoms with E-state index in [1.165, 1.54) is 0 Å². The van der Waals surface area contributed by atoms with Gasteiger partial charge in [0.05, 0.1) is 0 Å². The first-order valence-electron chi connectivity index (χ1n) is 2.22. The summed E-state index contributed by atoms with van der Waals surface area (Å²) in [4.78, 5) is 0. The fourth-order valence-electron chi connectivity index (χ4n) is 0.246. The van der Waals surface area contributed by atoms with Gasteiger partial charge in [0, 0.05) is 30.8 Å². The van der Waals surface area contributed by atoms with Crippen LogP contribution in [0.25, 0.3) is 0 Å². The molecule has 46 valence electrons. The van der Waals surface area contributed by atoms with Crippen LogP contribution in [0.4, 0.5) is 0 Å². The van der Waals surface area contributed by atoms with Gasteiger partial charge in [0.15, 0.2) is 0 Å². The highest BCUT2D eigenvalue weighted by Gasteiger charge is 1.84. The zero-order valence-corrected chi connectivity index (χ0v) is 5.55. The largest absolute Gasteiger partial charge is 0.319 e. The minimum absolute atomic E-state index is 0. The number of rotatable bonds is 3. The minimum atomic E-state index is -0.628. The number of nitrogens with one attached hydrogen (secondary N) is 1. The molecule has 1 unspecified atom stereocenters. The van der Waals surface area contributed by atoms with E-state index in [0.29, 0.717) is 0 Å². The Balaban J connectivity index is 0. The van der Waals surface area contributed by atoms with E-state index < -0.39 is 10.8 Å². The third-order valence-electron chi connectivity index (χ3n) is 0.640. The first-order valence-corrected chi connectivity index (χ1v) is 3.94. The molecular weight excluding hydrogens is 110 g/mol. The van der Waals surface area contributed by atoms with Crippen LogP contribution in [0.2, 0.25) is 0 Å². The Labute approximate surface area is 48.2 Å². The zero-order chi connectivity index (χ0) is 5.70. The van der Waals surface area contributed by atoms with Crippen LogP contribution in [0.1, 0.15) is 1.43 Å². The quantitative estimate of drug-likeness (QED) is 0.564. The van der Waals surface area contributed by atoms with E-state index in [1.807, 2.05) is 7.05 Å². The summed E-state index contributed by atoms with van der Waals surface area (Å²) in [6.45, 7) is 0.850. The van der Waals surface area contributed by atoms with E-state index in [0.717, 1.165) is 12.3 Å². The molecule has 0 rings (SSSR count). The van der Waals surface area contributed by atoms with Gasteiger partial charge in [-0.1, -0.05) is 0 Å². The molecule has 0 spiro atoms. The summed E-state index contributed by atoms with van der Waals surface area (Å²) < 4.78 is 10.3. The van der Waals surface area contributed by atoms with Gasteiger partial charge in [-0.3, -0.25) is 4.21 Å². The van der Waals surface area contributed by atoms with Crippen LogP contribution in [0.3, 0.4) is 0 Å². The molecule has 0 heterocycles. The molecule has 0 fully saturated rings. The molecule has 2 nitrogen and oxygen atoms in total. The van der Waals surface area contributed by atoms with Crippen molar-refractivity contribution >= 4 is 10.8 Å². The van der Waals surface area contributed by atoms with Gasteiger partial charge >= 0.3 is 0 Å². The maximum Gasteiger partial charge on any atom is 0.0357 e. The predicted octanol–water partition coefficient (Wildman–Crippen LogP) is -0.170. The molecule has 0 aliphatic carbocycles. The van der Waals surface area contributed by atoms with E-state index in [1.54, 1.807) is 6.26 Å². The smallest absolute Gasteiger partial charge is 0.0357 e. The van der Waals surface area contributed by atoms with Crippen molar-refractivity contribution in [3.63, 3.8) is 0 Å². The summed E-state index contributed by atoms with van der Waals surface area (Å²) in [5.41, 5.74) is 0. The Morgan fingerprint density at radius 2 is 2.43 bits per heavy atom. The van der Waals surface area contributed by atoms with Crippen LogP contribution < -0.4 is 5.32 Å². The van der Waals surface area contributed by atoms with Gasteiger partial charge in [-0.25, -0.2) is 0 Å². The Morgan fingerprint density at radius 1 is 1.86 bits per heavy atom. The molecule has 1 N–H and O–H groups in total. The van der Waals surface area contributed by atoms with Crippen LogP contribution in [0.15, 0.2) is 0 Å². The molecule has 0 aliphatic heterocycles. The van der Waals surface area contributed by atoms with E-state index in [9.17, 15) is 4.21 Å². The molecular formula is C4H13NOS. The summed E-state index contributed by atoms with van der Waals surface area (Å²) in [7, 11) is 1.23. The topological polar surface area (TPSA) is 29.1 Å². The molecule has 0 amide bonds. The van der Waals surface area contributed by atoms with Gasteiger partial charge < -0.3 is 5.32 Å². The molecule has 0 aromatic heterocycles. The normalized spacial score (nSPS) is 14.0. The highest BCUT2D eigenvalue weighted by Crippen LogP contribution is 1.67. The van der Waals surface area contributed by atoms with Crippen molar-refractivity contribution in [2.75, 3.05) is 25.6 Å². The Morgan fingerprint density at radius 3 is 2.57 bits per heavy atom. The molecule has 0 bridgehead atoms. The summed E-state index contributed by atoms with van der Waals surface area (Å²) in [5.74, 6) is 0.760. The van der Waals surface area contributed by atoms with Gasteiger partial charge in [0.2, 0.25) is 0 Å². The van der Waals surface area contributed by atoms with E-state index in [2.05, 4.69) is 5.32 Å². The van der Waals surface area contributed by atoms with Gasteiger partial charge in [-0.2, -0.15) is 0 Å². The van der Waals surface area contributed by atoms with Crippen molar-refractivity contribution in [3.8, 4) is 0 Å². The zero-order valence-electron chi connectivity index (χ0n) is 4.73. The second-order valence-electron chi connectivity index (χ2n) is 1.38. The van der Waals surface area contributed by atoms with Crippen LogP contribution in [0, 0.1) is 0 Å². The van der Waals surface area contributed by atoms with Gasteiger partial charge in [0.25, 0.3) is 0 Å². The lowest BCUT2D eigenvalue weighted by molar-refractivity contribution is 0.684. The fraction of sp³-hybridized carbons (Fsp3) is 1.00. The average Bonchev–Trinajstić information content (AvgIpc) is 1.61. The van der Waals surface area contributed by atoms with Crippen molar-refractivity contribution in [1.29, 1.82) is 0 Å². The standard InChI is InChI=1S/C4H11NOS.H2/c1-5-3-4-7(2)6;/h5H,3-4H2,1-2H3;1H. The third-order valence-corrected chi connectivity index (χ3v) is 1.42. The van der Waals surface area contributed by atoms with Crippen molar-refractivity contribution in [3.05, 3.63) is 0 Å². The van der Waals surface area contributed by atoms with Crippen LogP contribution in [0.5, 0.6) is 0 Å². The molecule has 7 heavy (non-hydrogen) atoms. The molecule has 3 heteroatoms. The van der Waals surface area contributed by atoms with Gasteiger partial charge in [-0.15, -0.1) is 0 Å². The highest BCUT2D eigenvalue weighted by molar-refractivity contribution is 7.84. The SMILES string of the molecule is CNCCS(C)=O.[HH]. The summed E-state index contributed by atoms with van der Waals surface area (Å²) in [6.07, 6.45) is 1.71. The van der Waals surface area contributed by atoms with E-state index in [-0.39, 0.29) is 1.43 Å². The number of hydrogen-bond acceptors (Lipinski definition) is 2. The van der Waals surface area contributed by atoms with Crippen molar-refractivity contribution < 1.29 is 5.64 Å². The maximum absolute atomic E-state index is 10.3. The van der Waals surface area contributed by atoms with Crippen LogP contribution in [-0.4, -0.2) is 29.8 Å². The third kappa shape index (κ3) is 6.11. The lowest BCUT2D eigenvalue weighted by atomic mass is 10.8. The molecule has 0 aromatic carbocycles. The summed E-state index contributed by atoms with van der Waals surface area (Å²) >= 11 is 0. The van der Waals surface area contributed by atoms with Crippen molar-refractivity contribution in [2.24, 2.45) is 0 Å². The molecule has 0 radical (unpaired) electrons. The highest BCUT2D eigenvalue weighted by atomic mass is 32.2. The molecule has 1 atom stereocenters. The monoisotopic (exact) mass is 123 g/mol. The average molecular weight is 123 g/mol. The molecule has 0 aliphatic rings. The number of hydrogen-bond donors (Lipinski definition) is 1. The van der Waals surface area contributed by atoms with Crippen LogP contribution >= 0.6 is 0 Å². The van der Waals surface area contributed by atoms with Crippen molar-refractivity contribution in [1.82, 2.24) is 5.32 Å². The molecule has 0 aromatic rings. The van der Waals surface area contributed by atoms with E-state index in [4.69, 9.17) is 0 Å². The van der Waals surface area contributed by atoms with Crippen molar-refractivity contribution in [2.45, 2.75) is 0 Å². The Hall–Kier alpha value is 0.110. The lowest BCUT2D eigenvalue weighted by Gasteiger charge is -1.91. The molecule has 0 saturated carbocycles. The summed E-state index contributed by atoms with van der Waals surface area (Å²) in [5, 5.41) is 2.91. The second kappa shape index (κ2) is 4.27. The summed E-state index contributed by atoms with van der Waals surface area (Å²) in [6, 6.07) is 0. The Bertz CT molecular complexity index is 69.1. The van der Waals surface area contributed by atoms with Gasteiger partial charge in [-0.05, 0) is 7.05 Å². The lowest BCUT2D eigenvalue weighted by Crippen LogP contribution is -2.14. The Kier molecular flexibility index (Phi) is 4.34. The maximum atomic E-state index is 10.3. The second-order valence-corrected chi connectivity index (χ2v) is 2.94. The van der Waals surface area contributed by atoms with E-state index >= 15 is 0 Å². The first kappa shape index (κ1) is 7.11. The van der Waals surface area contributed by atoms with Crippen LogP contribution in [-0.2, 0) is 10.8 Å². The fourth-order valence-corrected chi connectivity index (χ4v) is 0.737. The first-order chi connectivity index (χ1) is 3.27. The predicted molar refractivity (Wildman–Crippen MR) is 35.0 cm³/mol. The minimum Gasteiger partial charge on any atom is -0.319 e. The van der Waals surface area contributed by atoms with Gasteiger partial charge in [0.1, 0.15) is 0 Å². The molecule has 0 saturated heterocycles.